The first kappa shape index (κ1) is 13.5. The number of alkyl halides is 2. The Balaban J connectivity index is 3.63. The van der Waals surface area contributed by atoms with E-state index in [1.54, 1.807) is 0 Å². The molecule has 0 aromatic heterocycles. The third-order valence-electron chi connectivity index (χ3n) is 1.97. The lowest BCUT2D eigenvalue weighted by molar-refractivity contribution is 0.0684. The molecule has 1 rings (SSSR count). The van der Waals surface area contributed by atoms with Crippen LogP contribution < -0.4 is 0 Å². The van der Waals surface area contributed by atoms with Gasteiger partial charge in [-0.3, -0.25) is 0 Å². The number of sulfone groups is 1. The summed E-state index contributed by atoms with van der Waals surface area (Å²) in [6.45, 7) is 0. The zero-order valence-electron chi connectivity index (χ0n) is 8.45. The van der Waals surface area contributed by atoms with Crippen molar-refractivity contribution in [3.8, 4) is 0 Å². The molecule has 0 saturated carbocycles. The SMILES string of the molecule is CS(=O)(=O)c1cc(C(=O)O)c(C(F)F)cc1F. The average molecular weight is 268 g/mol. The second-order valence-corrected chi connectivity index (χ2v) is 5.23. The van der Waals surface area contributed by atoms with Crippen molar-refractivity contribution in [2.45, 2.75) is 11.3 Å². The molecule has 8 heteroatoms. The number of carboxylic acid groups (broad SMARTS) is 1. The molecule has 0 unspecified atom stereocenters. The Morgan fingerprint density at radius 3 is 2.24 bits per heavy atom. The van der Waals surface area contributed by atoms with E-state index >= 15 is 0 Å². The van der Waals surface area contributed by atoms with E-state index in [0.717, 1.165) is 0 Å². The number of rotatable bonds is 3. The summed E-state index contributed by atoms with van der Waals surface area (Å²) in [6.07, 6.45) is -2.55. The second-order valence-electron chi connectivity index (χ2n) is 3.25. The Hall–Kier alpha value is -1.57. The fourth-order valence-corrected chi connectivity index (χ4v) is 1.96. The van der Waals surface area contributed by atoms with Crippen molar-refractivity contribution in [2.75, 3.05) is 6.26 Å². The standard InChI is InChI=1S/C9H7F3O4S/c1-17(15,16)7-3-5(9(13)14)4(8(11)12)2-6(7)10/h2-3,8H,1H3,(H,13,14). The summed E-state index contributed by atoms with van der Waals surface area (Å²) in [5, 5.41) is 8.64. The molecule has 94 valence electrons. The van der Waals surface area contributed by atoms with Crippen molar-refractivity contribution < 1.29 is 31.5 Å². The highest BCUT2D eigenvalue weighted by Gasteiger charge is 2.24. The van der Waals surface area contributed by atoms with Crippen LogP contribution in [-0.2, 0) is 9.84 Å². The second kappa shape index (κ2) is 4.36. The molecule has 0 heterocycles. The fourth-order valence-electron chi connectivity index (χ4n) is 1.22. The molecule has 4 nitrogen and oxygen atoms in total. The first-order valence-electron chi connectivity index (χ1n) is 4.19. The minimum absolute atomic E-state index is 0.227. The van der Waals surface area contributed by atoms with Crippen molar-refractivity contribution in [1.29, 1.82) is 0 Å². The molecule has 1 aromatic carbocycles. The lowest BCUT2D eigenvalue weighted by Gasteiger charge is -2.08. The lowest BCUT2D eigenvalue weighted by Crippen LogP contribution is -2.09. The quantitative estimate of drug-likeness (QED) is 0.908. The van der Waals surface area contributed by atoms with Crippen LogP contribution in [0.1, 0.15) is 22.3 Å². The summed E-state index contributed by atoms with van der Waals surface area (Å²) in [7, 11) is -4.02. The maximum Gasteiger partial charge on any atom is 0.336 e. The number of hydrogen-bond acceptors (Lipinski definition) is 3. The Morgan fingerprint density at radius 1 is 1.35 bits per heavy atom. The number of halogens is 3. The molecule has 17 heavy (non-hydrogen) atoms. The lowest BCUT2D eigenvalue weighted by atomic mass is 10.1. The van der Waals surface area contributed by atoms with Crippen LogP contribution in [0.4, 0.5) is 13.2 Å². The van der Waals surface area contributed by atoms with E-state index in [2.05, 4.69) is 0 Å². The van der Waals surface area contributed by atoms with Gasteiger partial charge < -0.3 is 5.11 Å². The smallest absolute Gasteiger partial charge is 0.336 e. The van der Waals surface area contributed by atoms with Gasteiger partial charge in [-0.15, -0.1) is 0 Å². The molecule has 0 spiro atoms. The molecule has 0 atom stereocenters. The van der Waals surface area contributed by atoms with Gasteiger partial charge in [0.2, 0.25) is 0 Å². The molecule has 0 fully saturated rings. The summed E-state index contributed by atoms with van der Waals surface area (Å²) < 4.78 is 60.3. The Labute approximate surface area is 94.6 Å². The van der Waals surface area contributed by atoms with E-state index in [9.17, 15) is 26.4 Å². The highest BCUT2D eigenvalue weighted by Crippen LogP contribution is 2.27. The molecule has 0 aliphatic heterocycles. The van der Waals surface area contributed by atoms with E-state index in [1.807, 2.05) is 0 Å². The van der Waals surface area contributed by atoms with Crippen LogP contribution in [0.25, 0.3) is 0 Å². The van der Waals surface area contributed by atoms with Crippen molar-refractivity contribution in [3.63, 3.8) is 0 Å². The molecule has 0 saturated heterocycles. The zero-order chi connectivity index (χ0) is 13.4. The third kappa shape index (κ3) is 2.76. The van der Waals surface area contributed by atoms with Gasteiger partial charge in [-0.05, 0) is 12.1 Å². The number of benzene rings is 1. The highest BCUT2D eigenvalue weighted by atomic mass is 32.2. The molecule has 0 aliphatic carbocycles. The summed E-state index contributed by atoms with van der Waals surface area (Å²) in [5.74, 6) is -3.14. The normalized spacial score (nSPS) is 11.8. The third-order valence-corrected chi connectivity index (χ3v) is 3.08. The predicted molar refractivity (Wildman–Crippen MR) is 51.4 cm³/mol. The van der Waals surface area contributed by atoms with Crippen molar-refractivity contribution in [3.05, 3.63) is 29.1 Å². The van der Waals surface area contributed by atoms with Gasteiger partial charge in [-0.1, -0.05) is 0 Å². The summed E-state index contributed by atoms with van der Waals surface area (Å²) in [5.41, 5.74) is -1.98. The molecular weight excluding hydrogens is 261 g/mol. The Morgan fingerprint density at radius 2 is 1.88 bits per heavy atom. The molecular formula is C9H7F3O4S. The first-order valence-corrected chi connectivity index (χ1v) is 6.08. The van der Waals surface area contributed by atoms with Crippen molar-refractivity contribution in [2.24, 2.45) is 0 Å². The average Bonchev–Trinajstić information content (AvgIpc) is 2.14. The van der Waals surface area contributed by atoms with Crippen LogP contribution in [0.15, 0.2) is 17.0 Å². The van der Waals surface area contributed by atoms with E-state index in [0.29, 0.717) is 12.3 Å². The number of carbonyl (C=O) groups is 1. The van der Waals surface area contributed by atoms with Crippen LogP contribution in [0.5, 0.6) is 0 Å². The first-order chi connectivity index (χ1) is 7.64. The van der Waals surface area contributed by atoms with E-state index < -0.39 is 44.1 Å². The minimum Gasteiger partial charge on any atom is -0.478 e. The Kier molecular flexibility index (Phi) is 3.46. The van der Waals surface area contributed by atoms with Crippen molar-refractivity contribution >= 4 is 15.8 Å². The van der Waals surface area contributed by atoms with Gasteiger partial charge >= 0.3 is 5.97 Å². The van der Waals surface area contributed by atoms with Gasteiger partial charge in [0, 0.05) is 11.8 Å². The van der Waals surface area contributed by atoms with Gasteiger partial charge in [-0.2, -0.15) is 0 Å². The van der Waals surface area contributed by atoms with Crippen LogP contribution in [-0.4, -0.2) is 25.7 Å². The summed E-state index contributed by atoms with van der Waals surface area (Å²) in [4.78, 5) is 9.75. The van der Waals surface area contributed by atoms with Crippen LogP contribution in [0.3, 0.4) is 0 Å². The van der Waals surface area contributed by atoms with Gasteiger partial charge in [0.25, 0.3) is 6.43 Å². The zero-order valence-corrected chi connectivity index (χ0v) is 9.26. The Bertz CT molecular complexity index is 566. The van der Waals surface area contributed by atoms with Crippen LogP contribution >= 0.6 is 0 Å². The topological polar surface area (TPSA) is 71.4 Å². The molecule has 0 amide bonds. The van der Waals surface area contributed by atoms with E-state index in [4.69, 9.17) is 5.11 Å². The number of hydrogen-bond donors (Lipinski definition) is 1. The molecule has 0 aliphatic rings. The van der Waals surface area contributed by atoms with E-state index in [-0.39, 0.29) is 6.07 Å². The minimum atomic E-state index is -4.02. The monoisotopic (exact) mass is 268 g/mol. The summed E-state index contributed by atoms with van der Waals surface area (Å²) in [6, 6.07) is 0.624. The predicted octanol–water partition coefficient (Wildman–Crippen LogP) is 1.87. The molecule has 1 N–H and O–H groups in total. The van der Waals surface area contributed by atoms with Gasteiger partial charge in [0.1, 0.15) is 10.7 Å². The largest absolute Gasteiger partial charge is 0.478 e. The molecule has 1 aromatic rings. The fraction of sp³-hybridized carbons (Fsp3) is 0.222. The highest BCUT2D eigenvalue weighted by molar-refractivity contribution is 7.90. The maximum atomic E-state index is 13.2. The van der Waals surface area contributed by atoms with Gasteiger partial charge in [-0.25, -0.2) is 26.4 Å². The van der Waals surface area contributed by atoms with E-state index in [1.165, 1.54) is 0 Å². The molecule has 0 bridgehead atoms. The van der Waals surface area contributed by atoms with Crippen LogP contribution in [0.2, 0.25) is 0 Å². The number of carboxylic acids is 1. The molecule has 0 radical (unpaired) electrons. The van der Waals surface area contributed by atoms with Gasteiger partial charge in [0.15, 0.2) is 9.84 Å². The van der Waals surface area contributed by atoms with Crippen LogP contribution in [0, 0.1) is 5.82 Å². The number of aromatic carboxylic acids is 1. The maximum absolute atomic E-state index is 13.2. The van der Waals surface area contributed by atoms with Gasteiger partial charge in [0.05, 0.1) is 5.56 Å². The summed E-state index contributed by atoms with van der Waals surface area (Å²) >= 11 is 0. The van der Waals surface area contributed by atoms with Crippen molar-refractivity contribution in [1.82, 2.24) is 0 Å².